The molecule has 0 aliphatic heterocycles. The number of benzene rings is 1. The molecule has 0 amide bonds. The molecule has 3 nitrogen and oxygen atoms in total. The molecule has 0 N–H and O–H groups in total. The van der Waals surface area contributed by atoms with E-state index in [-0.39, 0.29) is 19.3 Å². The highest BCUT2D eigenvalue weighted by Gasteiger charge is 2.09. The van der Waals surface area contributed by atoms with Gasteiger partial charge in [0.25, 0.3) is 0 Å². The molecule has 1 aromatic rings. The molecule has 4 heteroatoms. The number of hydrogen-bond donors (Lipinski definition) is 0. The monoisotopic (exact) mass is 299 g/mol. The summed E-state index contributed by atoms with van der Waals surface area (Å²) in [5.41, 5.74) is 1.15. The highest BCUT2D eigenvalue weighted by Crippen LogP contribution is 2.14. The maximum absolute atomic E-state index is 10.4. The Hall–Kier alpha value is -0.710. The first-order valence-corrected chi connectivity index (χ1v) is 6.43. The van der Waals surface area contributed by atoms with Crippen LogP contribution in [0.1, 0.15) is 18.4 Å². The molecule has 0 aromatic heterocycles. The summed E-state index contributed by atoms with van der Waals surface area (Å²) < 4.78 is 6.48. The smallest absolute Gasteiger partial charge is 0.120 e. The van der Waals surface area contributed by atoms with E-state index >= 15 is 0 Å². The van der Waals surface area contributed by atoms with Crippen molar-refractivity contribution in [2.24, 2.45) is 0 Å². The zero-order valence-electron chi connectivity index (χ0n) is 9.60. The minimum absolute atomic E-state index is 0.0460. The van der Waals surface area contributed by atoms with Gasteiger partial charge in [-0.2, -0.15) is 0 Å². The van der Waals surface area contributed by atoms with E-state index in [1.807, 2.05) is 24.3 Å². The molecular formula is C13H16BrO3. The molecule has 0 saturated carbocycles. The third-order valence-corrected chi connectivity index (χ3v) is 2.95. The van der Waals surface area contributed by atoms with Crippen LogP contribution in [0.25, 0.3) is 0 Å². The molecule has 1 unspecified atom stereocenters. The normalized spacial score (nSPS) is 12.4. The van der Waals surface area contributed by atoms with Crippen LogP contribution >= 0.6 is 15.9 Å². The van der Waals surface area contributed by atoms with Crippen molar-refractivity contribution in [3.63, 3.8) is 0 Å². The fourth-order valence-electron chi connectivity index (χ4n) is 1.60. The number of ether oxygens (including phenoxy) is 1. The van der Waals surface area contributed by atoms with Crippen molar-refractivity contribution in [3.05, 3.63) is 34.3 Å². The number of halogens is 1. The van der Waals surface area contributed by atoms with E-state index in [9.17, 15) is 9.90 Å². The molecule has 0 spiro atoms. The molecule has 1 atom stereocenters. The lowest BCUT2D eigenvalue weighted by Crippen LogP contribution is -2.18. The average Bonchev–Trinajstić information content (AvgIpc) is 2.35. The zero-order chi connectivity index (χ0) is 12.5. The van der Waals surface area contributed by atoms with Gasteiger partial charge in [-0.25, -0.2) is 5.11 Å². The first-order chi connectivity index (χ1) is 8.26. The largest absolute Gasteiger partial charge is 0.375 e. The second-order valence-electron chi connectivity index (χ2n) is 3.77. The van der Waals surface area contributed by atoms with E-state index in [1.165, 1.54) is 0 Å². The Labute approximate surface area is 110 Å². The van der Waals surface area contributed by atoms with Crippen LogP contribution in [0.5, 0.6) is 0 Å². The van der Waals surface area contributed by atoms with Crippen molar-refractivity contribution < 1.29 is 14.6 Å². The first-order valence-electron chi connectivity index (χ1n) is 5.64. The topological polar surface area (TPSA) is 46.2 Å². The van der Waals surface area contributed by atoms with Gasteiger partial charge in [-0.1, -0.05) is 28.1 Å². The highest BCUT2D eigenvalue weighted by molar-refractivity contribution is 9.10. The van der Waals surface area contributed by atoms with E-state index in [0.717, 1.165) is 22.7 Å². The van der Waals surface area contributed by atoms with E-state index < -0.39 is 0 Å². The van der Waals surface area contributed by atoms with Crippen LogP contribution in [0.4, 0.5) is 0 Å². The van der Waals surface area contributed by atoms with Gasteiger partial charge >= 0.3 is 0 Å². The standard InChI is InChI=1S/C13H16BrO3/c14-12-5-3-11(4-6-12)10-13(2-1-7-15)17-9-8-16/h3-7,13H,1-2,8-10H2. The van der Waals surface area contributed by atoms with Crippen molar-refractivity contribution in [2.75, 3.05) is 13.2 Å². The first kappa shape index (κ1) is 14.4. The summed E-state index contributed by atoms with van der Waals surface area (Å²) in [6.07, 6.45) is 2.71. The Morgan fingerprint density at radius 3 is 2.59 bits per heavy atom. The van der Waals surface area contributed by atoms with E-state index in [4.69, 9.17) is 4.74 Å². The van der Waals surface area contributed by atoms with Crippen LogP contribution in [0.2, 0.25) is 0 Å². The summed E-state index contributed by atoms with van der Waals surface area (Å²) >= 11 is 3.38. The third kappa shape index (κ3) is 5.96. The van der Waals surface area contributed by atoms with Gasteiger partial charge in [-0.3, -0.25) is 0 Å². The number of carbonyl (C=O) groups is 1. The number of rotatable bonds is 8. The molecule has 1 rings (SSSR count). The van der Waals surface area contributed by atoms with Gasteiger partial charge in [0, 0.05) is 10.9 Å². The maximum Gasteiger partial charge on any atom is 0.120 e. The van der Waals surface area contributed by atoms with Gasteiger partial charge in [0.05, 0.1) is 12.7 Å². The van der Waals surface area contributed by atoms with Crippen molar-refractivity contribution in [1.29, 1.82) is 0 Å². The van der Waals surface area contributed by atoms with Crippen molar-refractivity contribution >= 4 is 22.2 Å². The van der Waals surface area contributed by atoms with Crippen LogP contribution in [0.15, 0.2) is 28.7 Å². The predicted octanol–water partition coefficient (Wildman–Crippen LogP) is 2.79. The molecule has 93 valence electrons. The molecule has 0 bridgehead atoms. The second kappa shape index (κ2) is 8.39. The Kier molecular flexibility index (Phi) is 7.08. The number of carbonyl (C=O) groups excluding carboxylic acids is 1. The summed E-state index contributed by atoms with van der Waals surface area (Å²) in [7, 11) is 0. The number of hydrogen-bond acceptors (Lipinski definition) is 2. The quantitative estimate of drug-likeness (QED) is 0.693. The Balaban J connectivity index is 2.51. The van der Waals surface area contributed by atoms with Gasteiger partial charge in [-0.15, -0.1) is 0 Å². The lowest BCUT2D eigenvalue weighted by atomic mass is 10.0. The van der Waals surface area contributed by atoms with Gasteiger partial charge < -0.3 is 9.53 Å². The Morgan fingerprint density at radius 1 is 1.29 bits per heavy atom. The maximum atomic E-state index is 10.4. The summed E-state index contributed by atoms with van der Waals surface area (Å²) in [6, 6.07) is 7.97. The molecule has 0 aliphatic carbocycles. The predicted molar refractivity (Wildman–Crippen MR) is 68.4 cm³/mol. The molecule has 0 fully saturated rings. The zero-order valence-corrected chi connectivity index (χ0v) is 11.2. The van der Waals surface area contributed by atoms with Crippen LogP contribution in [0.3, 0.4) is 0 Å². The van der Waals surface area contributed by atoms with Crippen LogP contribution in [0, 0.1) is 0 Å². The third-order valence-electron chi connectivity index (χ3n) is 2.42. The van der Waals surface area contributed by atoms with Crippen molar-refractivity contribution in [3.8, 4) is 0 Å². The van der Waals surface area contributed by atoms with E-state index in [1.54, 1.807) is 0 Å². The molecule has 17 heavy (non-hydrogen) atoms. The van der Waals surface area contributed by atoms with Gasteiger partial charge in [0.2, 0.25) is 0 Å². The lowest BCUT2D eigenvalue weighted by Gasteiger charge is -2.16. The minimum atomic E-state index is -0.238. The molecule has 0 heterocycles. The molecule has 1 radical (unpaired) electrons. The minimum Gasteiger partial charge on any atom is -0.375 e. The number of aldehydes is 1. The Morgan fingerprint density at radius 2 is 2.00 bits per heavy atom. The summed E-state index contributed by atoms with van der Waals surface area (Å²) in [5, 5.41) is 10.4. The van der Waals surface area contributed by atoms with Gasteiger partial charge in [-0.05, 0) is 30.5 Å². The highest BCUT2D eigenvalue weighted by atomic mass is 79.9. The molecule has 0 saturated heterocycles. The van der Waals surface area contributed by atoms with Crippen LogP contribution < -0.4 is 0 Å². The van der Waals surface area contributed by atoms with Crippen LogP contribution in [-0.2, 0) is 21.1 Å². The van der Waals surface area contributed by atoms with E-state index in [2.05, 4.69) is 15.9 Å². The fraction of sp³-hybridized carbons (Fsp3) is 0.462. The SMILES string of the molecule is [O]CCOC(CCC=O)Cc1ccc(Br)cc1. The second-order valence-corrected chi connectivity index (χ2v) is 4.69. The van der Waals surface area contributed by atoms with Crippen LogP contribution in [-0.4, -0.2) is 25.6 Å². The average molecular weight is 300 g/mol. The Bertz CT molecular complexity index is 324. The summed E-state index contributed by atoms with van der Waals surface area (Å²) in [6.45, 7) is -0.0298. The summed E-state index contributed by atoms with van der Waals surface area (Å²) in [5.74, 6) is 0. The van der Waals surface area contributed by atoms with Gasteiger partial charge in [0.15, 0.2) is 0 Å². The van der Waals surface area contributed by atoms with E-state index in [0.29, 0.717) is 12.8 Å². The van der Waals surface area contributed by atoms with Crippen molar-refractivity contribution in [2.45, 2.75) is 25.4 Å². The summed E-state index contributed by atoms with van der Waals surface area (Å²) in [4.78, 5) is 10.4. The molecule has 1 aromatic carbocycles. The van der Waals surface area contributed by atoms with Crippen molar-refractivity contribution in [1.82, 2.24) is 0 Å². The molecule has 0 aliphatic rings. The van der Waals surface area contributed by atoms with Gasteiger partial charge in [0.1, 0.15) is 12.9 Å². The lowest BCUT2D eigenvalue weighted by molar-refractivity contribution is -0.108. The fourth-order valence-corrected chi connectivity index (χ4v) is 1.86. The molecular weight excluding hydrogens is 284 g/mol.